The van der Waals surface area contributed by atoms with Gasteiger partial charge in [0.15, 0.2) is 0 Å². The van der Waals surface area contributed by atoms with Gasteiger partial charge < -0.3 is 10.6 Å². The minimum absolute atomic E-state index is 0.0367. The summed E-state index contributed by atoms with van der Waals surface area (Å²) >= 11 is 0. The Morgan fingerprint density at radius 3 is 2.17 bits per heavy atom. The lowest BCUT2D eigenvalue weighted by Crippen LogP contribution is -2.40. The SMILES string of the molecule is CCC(C)(CC)NCc1ccc(NC(C)=O)cc1. The van der Waals surface area contributed by atoms with Crippen LogP contribution in [0.15, 0.2) is 24.3 Å². The summed E-state index contributed by atoms with van der Waals surface area (Å²) in [5.41, 5.74) is 2.29. The van der Waals surface area contributed by atoms with Crippen LogP contribution in [0.3, 0.4) is 0 Å². The van der Waals surface area contributed by atoms with Crippen molar-refractivity contribution in [3.63, 3.8) is 0 Å². The molecule has 0 radical (unpaired) electrons. The van der Waals surface area contributed by atoms with Crippen LogP contribution in [0.5, 0.6) is 0 Å². The summed E-state index contributed by atoms with van der Waals surface area (Å²) in [6, 6.07) is 7.97. The van der Waals surface area contributed by atoms with Crippen LogP contribution in [-0.2, 0) is 11.3 Å². The van der Waals surface area contributed by atoms with Crippen molar-refractivity contribution < 1.29 is 4.79 Å². The predicted molar refractivity (Wildman–Crippen MR) is 76.6 cm³/mol. The van der Waals surface area contributed by atoms with Crippen molar-refractivity contribution in [3.8, 4) is 0 Å². The van der Waals surface area contributed by atoms with Gasteiger partial charge in [0.25, 0.3) is 0 Å². The van der Waals surface area contributed by atoms with Crippen LogP contribution in [0, 0.1) is 0 Å². The third-order valence-electron chi connectivity index (χ3n) is 3.55. The van der Waals surface area contributed by atoms with Gasteiger partial charge in [-0.15, -0.1) is 0 Å². The predicted octanol–water partition coefficient (Wildman–Crippen LogP) is 3.31. The van der Waals surface area contributed by atoms with Gasteiger partial charge in [0.1, 0.15) is 0 Å². The van der Waals surface area contributed by atoms with Crippen molar-refractivity contribution in [1.82, 2.24) is 5.32 Å². The van der Waals surface area contributed by atoms with Crippen LogP contribution in [0.4, 0.5) is 5.69 Å². The summed E-state index contributed by atoms with van der Waals surface area (Å²) in [4.78, 5) is 10.9. The molecule has 0 aliphatic heterocycles. The maximum atomic E-state index is 10.9. The molecule has 3 heteroatoms. The van der Waals surface area contributed by atoms with E-state index in [1.807, 2.05) is 24.3 Å². The smallest absolute Gasteiger partial charge is 0.221 e. The second kappa shape index (κ2) is 6.55. The Balaban J connectivity index is 2.56. The van der Waals surface area contributed by atoms with E-state index in [2.05, 4.69) is 31.4 Å². The van der Waals surface area contributed by atoms with Gasteiger partial charge in [-0.3, -0.25) is 4.79 Å². The largest absolute Gasteiger partial charge is 0.326 e. The molecule has 3 nitrogen and oxygen atoms in total. The summed E-state index contributed by atoms with van der Waals surface area (Å²) in [5, 5.41) is 6.35. The number of hydrogen-bond donors (Lipinski definition) is 2. The topological polar surface area (TPSA) is 41.1 Å². The second-order valence-electron chi connectivity index (χ2n) is 5.00. The van der Waals surface area contributed by atoms with Gasteiger partial charge in [-0.2, -0.15) is 0 Å². The van der Waals surface area contributed by atoms with Gasteiger partial charge in [-0.05, 0) is 37.5 Å². The molecule has 0 aliphatic carbocycles. The Morgan fingerprint density at radius 2 is 1.72 bits per heavy atom. The second-order valence-corrected chi connectivity index (χ2v) is 5.00. The molecule has 0 spiro atoms. The highest BCUT2D eigenvalue weighted by atomic mass is 16.1. The van der Waals surface area contributed by atoms with E-state index in [9.17, 15) is 4.79 Å². The highest BCUT2D eigenvalue weighted by Gasteiger charge is 2.17. The molecule has 0 unspecified atom stereocenters. The number of benzene rings is 1. The van der Waals surface area contributed by atoms with Crippen molar-refractivity contribution >= 4 is 11.6 Å². The van der Waals surface area contributed by atoms with Crippen LogP contribution in [0.2, 0.25) is 0 Å². The third-order valence-corrected chi connectivity index (χ3v) is 3.55. The fourth-order valence-corrected chi connectivity index (χ4v) is 1.72. The molecule has 0 aromatic heterocycles. The summed E-state index contributed by atoms with van der Waals surface area (Å²) in [6.07, 6.45) is 2.24. The molecule has 0 saturated carbocycles. The first kappa shape index (κ1) is 14.7. The minimum Gasteiger partial charge on any atom is -0.326 e. The quantitative estimate of drug-likeness (QED) is 0.811. The van der Waals surface area contributed by atoms with Crippen molar-refractivity contribution in [2.24, 2.45) is 0 Å². The number of anilines is 1. The van der Waals surface area contributed by atoms with E-state index < -0.39 is 0 Å². The Morgan fingerprint density at radius 1 is 1.17 bits per heavy atom. The number of carbonyl (C=O) groups excluding carboxylic acids is 1. The van der Waals surface area contributed by atoms with Crippen molar-refractivity contribution in [1.29, 1.82) is 0 Å². The lowest BCUT2D eigenvalue weighted by Gasteiger charge is -2.28. The number of amides is 1. The number of hydrogen-bond acceptors (Lipinski definition) is 2. The van der Waals surface area contributed by atoms with Gasteiger partial charge in [-0.1, -0.05) is 26.0 Å². The normalized spacial score (nSPS) is 11.3. The molecule has 0 heterocycles. The van der Waals surface area contributed by atoms with E-state index in [4.69, 9.17) is 0 Å². The Hall–Kier alpha value is -1.35. The highest BCUT2D eigenvalue weighted by Crippen LogP contribution is 2.15. The molecule has 0 atom stereocenters. The van der Waals surface area contributed by atoms with Crippen molar-refractivity contribution in [2.45, 2.75) is 52.6 Å². The lowest BCUT2D eigenvalue weighted by atomic mass is 9.95. The first-order valence-electron chi connectivity index (χ1n) is 6.60. The van der Waals surface area contributed by atoms with Gasteiger partial charge in [0.05, 0.1) is 0 Å². The van der Waals surface area contributed by atoms with E-state index in [0.717, 1.165) is 25.1 Å². The van der Waals surface area contributed by atoms with Gasteiger partial charge in [-0.25, -0.2) is 0 Å². The fraction of sp³-hybridized carbons (Fsp3) is 0.533. The molecule has 0 aliphatic rings. The van der Waals surface area contributed by atoms with Crippen LogP contribution in [0.1, 0.15) is 46.1 Å². The molecular weight excluding hydrogens is 224 g/mol. The average molecular weight is 248 g/mol. The Bertz CT molecular complexity index is 380. The van der Waals surface area contributed by atoms with Crippen LogP contribution in [-0.4, -0.2) is 11.4 Å². The average Bonchev–Trinajstić information content (AvgIpc) is 2.37. The van der Waals surface area contributed by atoms with Crippen LogP contribution in [0.25, 0.3) is 0 Å². The zero-order valence-electron chi connectivity index (χ0n) is 11.8. The maximum absolute atomic E-state index is 10.9. The molecule has 1 aromatic carbocycles. The molecular formula is C15H24N2O. The summed E-state index contributed by atoms with van der Waals surface area (Å²) < 4.78 is 0. The molecule has 0 bridgehead atoms. The highest BCUT2D eigenvalue weighted by molar-refractivity contribution is 5.88. The first-order chi connectivity index (χ1) is 8.49. The summed E-state index contributed by atoms with van der Waals surface area (Å²) in [7, 11) is 0. The lowest BCUT2D eigenvalue weighted by molar-refractivity contribution is -0.114. The summed E-state index contributed by atoms with van der Waals surface area (Å²) in [6.45, 7) is 9.04. The van der Waals surface area contributed by atoms with Crippen LogP contribution < -0.4 is 10.6 Å². The summed E-state index contributed by atoms with van der Waals surface area (Å²) in [5.74, 6) is -0.0367. The zero-order chi connectivity index (χ0) is 13.6. The molecule has 0 saturated heterocycles. The van der Waals surface area contributed by atoms with Gasteiger partial charge in [0, 0.05) is 24.7 Å². The molecule has 1 amide bonds. The maximum Gasteiger partial charge on any atom is 0.221 e. The van der Waals surface area contributed by atoms with Crippen LogP contribution >= 0.6 is 0 Å². The Labute approximate surface area is 110 Å². The zero-order valence-corrected chi connectivity index (χ0v) is 11.8. The molecule has 100 valence electrons. The van der Waals surface area contributed by atoms with E-state index in [1.165, 1.54) is 12.5 Å². The molecule has 1 aromatic rings. The molecule has 18 heavy (non-hydrogen) atoms. The Kier molecular flexibility index (Phi) is 5.35. The fourth-order valence-electron chi connectivity index (χ4n) is 1.72. The number of carbonyl (C=O) groups is 1. The first-order valence-corrected chi connectivity index (χ1v) is 6.60. The van der Waals surface area contributed by atoms with E-state index in [1.54, 1.807) is 0 Å². The number of nitrogens with one attached hydrogen (secondary N) is 2. The van der Waals surface area contributed by atoms with Gasteiger partial charge in [0.2, 0.25) is 5.91 Å². The standard InChI is InChI=1S/C15H24N2O/c1-5-15(4,6-2)16-11-13-7-9-14(10-8-13)17-12(3)18/h7-10,16H,5-6,11H2,1-4H3,(H,17,18). The third kappa shape index (κ3) is 4.49. The molecule has 1 rings (SSSR count). The monoisotopic (exact) mass is 248 g/mol. The molecule has 2 N–H and O–H groups in total. The van der Waals surface area contributed by atoms with E-state index >= 15 is 0 Å². The molecule has 0 fully saturated rings. The van der Waals surface area contributed by atoms with Crippen molar-refractivity contribution in [2.75, 3.05) is 5.32 Å². The van der Waals surface area contributed by atoms with E-state index in [0.29, 0.717) is 0 Å². The van der Waals surface area contributed by atoms with E-state index in [-0.39, 0.29) is 11.4 Å². The number of rotatable bonds is 6. The van der Waals surface area contributed by atoms with Crippen molar-refractivity contribution in [3.05, 3.63) is 29.8 Å². The minimum atomic E-state index is -0.0367. The van der Waals surface area contributed by atoms with Gasteiger partial charge >= 0.3 is 0 Å².